The number of amides is 1. The number of carbonyl (C=O) groups excluding carboxylic acids is 1. The minimum atomic E-state index is -3.85. The van der Waals surface area contributed by atoms with Crippen LogP contribution >= 0.6 is 11.3 Å². The van der Waals surface area contributed by atoms with Gasteiger partial charge < -0.3 is 5.32 Å². The molecule has 0 radical (unpaired) electrons. The van der Waals surface area contributed by atoms with Gasteiger partial charge in [-0.15, -0.1) is 11.3 Å². The molecule has 8 heteroatoms. The van der Waals surface area contributed by atoms with Crippen molar-refractivity contribution in [1.82, 2.24) is 10.3 Å². The smallest absolute Gasteiger partial charge is 0.261 e. The van der Waals surface area contributed by atoms with E-state index in [2.05, 4.69) is 10.3 Å². The highest BCUT2D eigenvalue weighted by Gasteiger charge is 2.30. The lowest BCUT2D eigenvalue weighted by Gasteiger charge is -2.18. The maximum absolute atomic E-state index is 13.1. The van der Waals surface area contributed by atoms with Gasteiger partial charge in [-0.1, -0.05) is 12.1 Å². The molecule has 1 aromatic carbocycles. The zero-order valence-corrected chi connectivity index (χ0v) is 15.1. The van der Waals surface area contributed by atoms with Gasteiger partial charge in [-0.3, -0.25) is 9.78 Å². The van der Waals surface area contributed by atoms with E-state index in [1.165, 1.54) is 35.9 Å². The van der Waals surface area contributed by atoms with Crippen LogP contribution in [0.15, 0.2) is 71.2 Å². The summed E-state index contributed by atoms with van der Waals surface area (Å²) >= 11 is 1.27. The average molecular weight is 390 g/mol. The van der Waals surface area contributed by atoms with E-state index in [1.54, 1.807) is 29.6 Å². The van der Waals surface area contributed by atoms with Gasteiger partial charge in [0.05, 0.1) is 9.77 Å². The molecule has 26 heavy (non-hydrogen) atoms. The van der Waals surface area contributed by atoms with Crippen LogP contribution in [0.25, 0.3) is 0 Å². The predicted molar refractivity (Wildman–Crippen MR) is 97.2 cm³/mol. The zero-order chi connectivity index (χ0) is 18.6. The van der Waals surface area contributed by atoms with Crippen LogP contribution in [0.4, 0.5) is 4.39 Å². The van der Waals surface area contributed by atoms with Gasteiger partial charge in [0.25, 0.3) is 5.91 Å². The Hall–Kier alpha value is -2.58. The summed E-state index contributed by atoms with van der Waals surface area (Å²) in [5.41, 5.74) is 0.448. The number of nitrogens with one attached hydrogen (secondary N) is 1. The number of aromatic nitrogens is 1. The molecule has 0 aliphatic carbocycles. The molecule has 1 N–H and O–H groups in total. The molecule has 2 aromatic heterocycles. The van der Waals surface area contributed by atoms with Gasteiger partial charge in [0.2, 0.25) is 0 Å². The second-order valence-corrected chi connectivity index (χ2v) is 8.54. The standard InChI is InChI=1S/C18H15FN2O3S2/c19-14-5-7-15(8-6-14)26(23,24)17(13-3-1-9-20-11-13)12-21-18(22)16-4-2-10-25-16/h1-11,17H,12H2,(H,21,22). The van der Waals surface area contributed by atoms with E-state index in [-0.39, 0.29) is 17.3 Å². The SMILES string of the molecule is O=C(NCC(c1cccnc1)S(=O)(=O)c1ccc(F)cc1)c1cccs1. The number of hydrogen-bond acceptors (Lipinski definition) is 5. The maximum Gasteiger partial charge on any atom is 0.261 e. The van der Waals surface area contributed by atoms with Crippen molar-refractivity contribution in [3.8, 4) is 0 Å². The molecule has 0 saturated heterocycles. The van der Waals surface area contributed by atoms with Gasteiger partial charge in [-0.25, -0.2) is 12.8 Å². The van der Waals surface area contributed by atoms with Gasteiger partial charge >= 0.3 is 0 Å². The number of carbonyl (C=O) groups is 1. The molecular formula is C18H15FN2O3S2. The predicted octanol–water partition coefficient (Wildman–Crippen LogP) is 3.23. The molecule has 0 bridgehead atoms. The Kier molecular flexibility index (Phi) is 5.43. The normalized spacial score (nSPS) is 12.5. The third-order valence-corrected chi connectivity index (χ3v) is 6.75. The topological polar surface area (TPSA) is 76.1 Å². The molecule has 1 atom stereocenters. The first-order valence-electron chi connectivity index (χ1n) is 7.69. The summed E-state index contributed by atoms with van der Waals surface area (Å²) in [7, 11) is -3.85. The van der Waals surface area contributed by atoms with E-state index in [0.717, 1.165) is 12.1 Å². The number of benzene rings is 1. The lowest BCUT2D eigenvalue weighted by atomic mass is 10.2. The number of nitrogens with zero attached hydrogens (tertiary/aromatic N) is 1. The van der Waals surface area contributed by atoms with Gasteiger partial charge in [-0.2, -0.15) is 0 Å². The Labute approximate surface area is 154 Å². The van der Waals surface area contributed by atoms with Gasteiger partial charge in [0.15, 0.2) is 9.84 Å². The number of hydrogen-bond donors (Lipinski definition) is 1. The van der Waals surface area contributed by atoms with E-state index >= 15 is 0 Å². The van der Waals surface area contributed by atoms with Crippen LogP contribution in [0.1, 0.15) is 20.5 Å². The van der Waals surface area contributed by atoms with Gasteiger partial charge in [0, 0.05) is 18.9 Å². The molecule has 0 spiro atoms. The summed E-state index contributed by atoms with van der Waals surface area (Å²) in [5.74, 6) is -0.865. The Bertz CT molecular complexity index is 973. The second-order valence-electron chi connectivity index (χ2n) is 5.46. The zero-order valence-electron chi connectivity index (χ0n) is 13.5. The minimum absolute atomic E-state index is 0.0156. The summed E-state index contributed by atoms with van der Waals surface area (Å²) in [5, 5.41) is 3.39. The van der Waals surface area contributed by atoms with Crippen molar-refractivity contribution >= 4 is 27.1 Å². The van der Waals surface area contributed by atoms with Gasteiger partial charge in [-0.05, 0) is 47.3 Å². The van der Waals surface area contributed by atoms with Crippen LogP contribution in [-0.4, -0.2) is 25.9 Å². The number of rotatable bonds is 6. The Morgan fingerprint density at radius 1 is 1.15 bits per heavy atom. The number of pyridine rings is 1. The molecule has 0 fully saturated rings. The van der Waals surface area contributed by atoms with Crippen molar-refractivity contribution in [2.75, 3.05) is 6.54 Å². The van der Waals surface area contributed by atoms with Crippen LogP contribution in [-0.2, 0) is 9.84 Å². The molecule has 0 aliphatic rings. The van der Waals surface area contributed by atoms with Crippen molar-refractivity contribution in [3.63, 3.8) is 0 Å². The van der Waals surface area contributed by atoms with Crippen LogP contribution in [0, 0.1) is 5.82 Å². The Balaban J connectivity index is 1.91. The average Bonchev–Trinajstić information content (AvgIpc) is 3.17. The molecule has 3 aromatic rings. The highest BCUT2D eigenvalue weighted by molar-refractivity contribution is 7.91. The molecule has 134 valence electrons. The van der Waals surface area contributed by atoms with Crippen molar-refractivity contribution in [3.05, 3.63) is 82.6 Å². The van der Waals surface area contributed by atoms with Crippen LogP contribution in [0.5, 0.6) is 0 Å². The second kappa shape index (κ2) is 7.76. The number of thiophene rings is 1. The molecule has 1 amide bonds. The minimum Gasteiger partial charge on any atom is -0.350 e. The lowest BCUT2D eigenvalue weighted by molar-refractivity contribution is 0.0957. The highest BCUT2D eigenvalue weighted by atomic mass is 32.2. The van der Waals surface area contributed by atoms with E-state index in [0.29, 0.717) is 10.4 Å². The number of halogens is 1. The van der Waals surface area contributed by atoms with Crippen molar-refractivity contribution < 1.29 is 17.6 Å². The fourth-order valence-corrected chi connectivity index (χ4v) is 4.73. The van der Waals surface area contributed by atoms with Crippen LogP contribution in [0.3, 0.4) is 0 Å². The summed E-state index contributed by atoms with van der Waals surface area (Å²) < 4.78 is 39.2. The van der Waals surface area contributed by atoms with E-state index in [9.17, 15) is 17.6 Å². The van der Waals surface area contributed by atoms with Crippen LogP contribution in [0.2, 0.25) is 0 Å². The summed E-state index contributed by atoms with van der Waals surface area (Å²) in [6, 6.07) is 11.3. The Morgan fingerprint density at radius 2 is 1.92 bits per heavy atom. The van der Waals surface area contributed by atoms with Crippen molar-refractivity contribution in [2.45, 2.75) is 10.1 Å². The Morgan fingerprint density at radius 3 is 2.54 bits per heavy atom. The van der Waals surface area contributed by atoms with Crippen molar-refractivity contribution in [2.24, 2.45) is 0 Å². The first-order valence-corrected chi connectivity index (χ1v) is 10.1. The quantitative estimate of drug-likeness (QED) is 0.656. The monoisotopic (exact) mass is 390 g/mol. The number of sulfone groups is 1. The first-order chi connectivity index (χ1) is 12.5. The summed E-state index contributed by atoms with van der Waals surface area (Å²) in [4.78, 5) is 16.6. The summed E-state index contributed by atoms with van der Waals surface area (Å²) in [6.45, 7) is -0.123. The highest BCUT2D eigenvalue weighted by Crippen LogP contribution is 2.28. The van der Waals surface area contributed by atoms with E-state index in [1.807, 2.05) is 0 Å². The van der Waals surface area contributed by atoms with E-state index in [4.69, 9.17) is 0 Å². The molecule has 0 saturated carbocycles. The molecule has 2 heterocycles. The third kappa shape index (κ3) is 3.97. The summed E-state index contributed by atoms with van der Waals surface area (Å²) in [6.07, 6.45) is 2.98. The molecule has 5 nitrogen and oxygen atoms in total. The largest absolute Gasteiger partial charge is 0.350 e. The molecular weight excluding hydrogens is 375 g/mol. The van der Waals surface area contributed by atoms with Gasteiger partial charge in [0.1, 0.15) is 11.1 Å². The molecule has 1 unspecified atom stereocenters. The lowest BCUT2D eigenvalue weighted by Crippen LogP contribution is -2.31. The van der Waals surface area contributed by atoms with Crippen molar-refractivity contribution in [1.29, 1.82) is 0 Å². The van der Waals surface area contributed by atoms with E-state index < -0.39 is 20.9 Å². The molecule has 0 aliphatic heterocycles. The van der Waals surface area contributed by atoms with Crippen LogP contribution < -0.4 is 5.32 Å². The molecule has 3 rings (SSSR count). The first kappa shape index (κ1) is 18.2. The fourth-order valence-electron chi connectivity index (χ4n) is 2.44. The maximum atomic E-state index is 13.1. The fraction of sp³-hybridized carbons (Fsp3) is 0.111. The third-order valence-electron chi connectivity index (χ3n) is 3.77.